The Hall–Kier alpha value is -2.20. The number of benzene rings is 2. The maximum Gasteiger partial charge on any atom is 0.138 e. The molecule has 0 aliphatic carbocycles. The fourth-order valence-corrected chi connectivity index (χ4v) is 1.99. The van der Waals surface area contributed by atoms with Crippen LogP contribution in [0.5, 0.6) is 0 Å². The number of aromatic amines is 1. The third-order valence-electron chi connectivity index (χ3n) is 2.78. The zero-order valence-electron chi connectivity index (χ0n) is 9.44. The molecule has 2 aromatic carbocycles. The molecule has 3 rings (SSSR count). The van der Waals surface area contributed by atoms with Crippen molar-refractivity contribution in [1.29, 1.82) is 0 Å². The highest BCUT2D eigenvalue weighted by atomic mass is 35.5. The van der Waals surface area contributed by atoms with E-state index in [9.17, 15) is 0 Å². The van der Waals surface area contributed by atoms with Gasteiger partial charge in [-0.1, -0.05) is 11.6 Å². The van der Waals surface area contributed by atoms with Gasteiger partial charge < -0.3 is 16.5 Å². The molecule has 0 fully saturated rings. The second-order valence-corrected chi connectivity index (χ2v) is 4.51. The molecule has 5 N–H and O–H groups in total. The summed E-state index contributed by atoms with van der Waals surface area (Å²) in [5.74, 6) is 0.770. The molecule has 18 heavy (non-hydrogen) atoms. The van der Waals surface area contributed by atoms with E-state index in [2.05, 4.69) is 9.97 Å². The molecule has 0 radical (unpaired) electrons. The van der Waals surface area contributed by atoms with Gasteiger partial charge >= 0.3 is 0 Å². The normalized spacial score (nSPS) is 10.9. The first-order valence-electron chi connectivity index (χ1n) is 5.44. The van der Waals surface area contributed by atoms with E-state index < -0.39 is 0 Å². The minimum absolute atomic E-state index is 0.523. The average molecular weight is 259 g/mol. The Morgan fingerprint density at radius 3 is 2.50 bits per heavy atom. The number of H-pyrrole nitrogens is 1. The summed E-state index contributed by atoms with van der Waals surface area (Å²) in [5.41, 5.74) is 15.3. The summed E-state index contributed by atoms with van der Waals surface area (Å²) < 4.78 is 0. The second kappa shape index (κ2) is 3.92. The smallest absolute Gasteiger partial charge is 0.138 e. The van der Waals surface area contributed by atoms with Gasteiger partial charge in [0.05, 0.1) is 21.7 Å². The van der Waals surface area contributed by atoms with Crippen LogP contribution in [0.1, 0.15) is 0 Å². The first-order valence-corrected chi connectivity index (χ1v) is 5.82. The van der Waals surface area contributed by atoms with Crippen molar-refractivity contribution in [3.05, 3.63) is 41.4 Å². The summed E-state index contributed by atoms with van der Waals surface area (Å²) >= 11 is 5.97. The summed E-state index contributed by atoms with van der Waals surface area (Å²) in [6, 6.07) is 11.0. The molecule has 90 valence electrons. The van der Waals surface area contributed by atoms with Crippen molar-refractivity contribution in [3.63, 3.8) is 0 Å². The number of hydrogen-bond acceptors (Lipinski definition) is 3. The highest BCUT2D eigenvalue weighted by Gasteiger charge is 2.07. The lowest BCUT2D eigenvalue weighted by molar-refractivity contribution is 1.34. The first kappa shape index (κ1) is 10.9. The van der Waals surface area contributed by atoms with Crippen molar-refractivity contribution in [2.24, 2.45) is 0 Å². The van der Waals surface area contributed by atoms with Crippen molar-refractivity contribution in [2.75, 3.05) is 11.5 Å². The van der Waals surface area contributed by atoms with Crippen molar-refractivity contribution in [3.8, 4) is 11.4 Å². The molecule has 0 aliphatic rings. The van der Waals surface area contributed by atoms with Gasteiger partial charge in [-0.25, -0.2) is 4.98 Å². The van der Waals surface area contributed by atoms with Crippen LogP contribution in [0.4, 0.5) is 11.4 Å². The fourth-order valence-electron chi connectivity index (χ4n) is 1.82. The van der Waals surface area contributed by atoms with Crippen LogP contribution in [0.2, 0.25) is 5.02 Å². The second-order valence-electron chi connectivity index (χ2n) is 4.10. The quantitative estimate of drug-likeness (QED) is 0.587. The molecule has 0 saturated heterocycles. The summed E-state index contributed by atoms with van der Waals surface area (Å²) in [6.07, 6.45) is 0. The molecule has 5 heteroatoms. The van der Waals surface area contributed by atoms with Crippen LogP contribution < -0.4 is 11.5 Å². The summed E-state index contributed by atoms with van der Waals surface area (Å²) in [7, 11) is 0. The molecular weight excluding hydrogens is 248 g/mol. The lowest BCUT2D eigenvalue weighted by atomic mass is 10.2. The van der Waals surface area contributed by atoms with E-state index in [4.69, 9.17) is 23.1 Å². The Labute approximate surface area is 109 Å². The Balaban J connectivity index is 2.16. The van der Waals surface area contributed by atoms with Crippen LogP contribution in [0.25, 0.3) is 22.4 Å². The standard InChI is InChI=1S/C13H11ClN4/c14-9-5-11-12(6-10(9)16)18-13(17-11)7-1-3-8(15)4-2-7/h1-6H,15-16H2,(H,17,18). The molecule has 4 nitrogen and oxygen atoms in total. The van der Waals surface area contributed by atoms with Gasteiger partial charge in [0.15, 0.2) is 0 Å². The number of nitrogens with two attached hydrogens (primary N) is 2. The van der Waals surface area contributed by atoms with E-state index in [-0.39, 0.29) is 0 Å². The molecule has 3 aromatic rings. The van der Waals surface area contributed by atoms with Gasteiger partial charge in [0, 0.05) is 11.3 Å². The van der Waals surface area contributed by atoms with E-state index in [1.54, 1.807) is 12.1 Å². The SMILES string of the molecule is Nc1ccc(-c2nc3cc(N)c(Cl)cc3[nH]2)cc1. The number of nitrogens with zero attached hydrogens (tertiary/aromatic N) is 1. The van der Waals surface area contributed by atoms with Crippen molar-refractivity contribution < 1.29 is 0 Å². The predicted molar refractivity (Wildman–Crippen MR) is 75.4 cm³/mol. The van der Waals surface area contributed by atoms with Gasteiger partial charge in [0.2, 0.25) is 0 Å². The molecule has 0 saturated carbocycles. The van der Waals surface area contributed by atoms with Gasteiger partial charge in [-0.3, -0.25) is 0 Å². The maximum atomic E-state index is 5.97. The maximum absolute atomic E-state index is 5.97. The van der Waals surface area contributed by atoms with E-state index in [0.29, 0.717) is 10.7 Å². The van der Waals surface area contributed by atoms with Crippen LogP contribution in [0, 0.1) is 0 Å². The molecule has 0 atom stereocenters. The minimum atomic E-state index is 0.523. The van der Waals surface area contributed by atoms with Gasteiger partial charge in [-0.15, -0.1) is 0 Å². The van der Waals surface area contributed by atoms with Gasteiger partial charge in [-0.2, -0.15) is 0 Å². The highest BCUT2D eigenvalue weighted by molar-refractivity contribution is 6.33. The van der Waals surface area contributed by atoms with E-state index in [1.807, 2.05) is 24.3 Å². The zero-order valence-corrected chi connectivity index (χ0v) is 10.2. The highest BCUT2D eigenvalue weighted by Crippen LogP contribution is 2.27. The topological polar surface area (TPSA) is 80.7 Å². The predicted octanol–water partition coefficient (Wildman–Crippen LogP) is 3.05. The van der Waals surface area contributed by atoms with E-state index in [1.165, 1.54) is 0 Å². The molecule has 0 aliphatic heterocycles. The number of fused-ring (bicyclic) bond motifs is 1. The van der Waals surface area contributed by atoms with Crippen LogP contribution >= 0.6 is 11.6 Å². The molecule has 0 unspecified atom stereocenters. The van der Waals surface area contributed by atoms with Gasteiger partial charge in [-0.05, 0) is 36.4 Å². The summed E-state index contributed by atoms with van der Waals surface area (Å²) in [4.78, 5) is 7.69. The lowest BCUT2D eigenvalue weighted by Crippen LogP contribution is -1.85. The average Bonchev–Trinajstić information content (AvgIpc) is 2.73. The third kappa shape index (κ3) is 1.76. The Morgan fingerprint density at radius 2 is 1.78 bits per heavy atom. The Morgan fingerprint density at radius 1 is 1.06 bits per heavy atom. The molecule has 0 bridgehead atoms. The fraction of sp³-hybridized carbons (Fsp3) is 0. The Kier molecular flexibility index (Phi) is 2.38. The van der Waals surface area contributed by atoms with Gasteiger partial charge in [0.1, 0.15) is 5.82 Å². The molecule has 1 heterocycles. The molecule has 1 aromatic heterocycles. The van der Waals surface area contributed by atoms with Crippen LogP contribution in [-0.2, 0) is 0 Å². The number of anilines is 2. The summed E-state index contributed by atoms with van der Waals surface area (Å²) in [5, 5.41) is 0.523. The number of halogens is 1. The van der Waals surface area contributed by atoms with Crippen LogP contribution in [0.15, 0.2) is 36.4 Å². The number of hydrogen-bond donors (Lipinski definition) is 3. The monoisotopic (exact) mass is 258 g/mol. The number of imidazole rings is 1. The summed E-state index contributed by atoms with van der Waals surface area (Å²) in [6.45, 7) is 0. The largest absolute Gasteiger partial charge is 0.399 e. The molecule has 0 amide bonds. The van der Waals surface area contributed by atoms with Crippen molar-refractivity contribution in [2.45, 2.75) is 0 Å². The van der Waals surface area contributed by atoms with Crippen LogP contribution in [0.3, 0.4) is 0 Å². The lowest BCUT2D eigenvalue weighted by Gasteiger charge is -1.96. The van der Waals surface area contributed by atoms with E-state index >= 15 is 0 Å². The third-order valence-corrected chi connectivity index (χ3v) is 3.11. The number of nitrogen functional groups attached to an aromatic ring is 2. The van der Waals surface area contributed by atoms with E-state index in [0.717, 1.165) is 28.1 Å². The zero-order chi connectivity index (χ0) is 12.7. The minimum Gasteiger partial charge on any atom is -0.399 e. The number of nitrogens with one attached hydrogen (secondary N) is 1. The number of rotatable bonds is 1. The molecular formula is C13H11ClN4. The number of aromatic nitrogens is 2. The van der Waals surface area contributed by atoms with Crippen molar-refractivity contribution in [1.82, 2.24) is 9.97 Å². The van der Waals surface area contributed by atoms with Crippen molar-refractivity contribution >= 4 is 34.0 Å². The van der Waals surface area contributed by atoms with Crippen LogP contribution in [-0.4, -0.2) is 9.97 Å². The Bertz CT molecular complexity index is 677. The molecule has 0 spiro atoms. The van der Waals surface area contributed by atoms with Gasteiger partial charge in [0.25, 0.3) is 0 Å². The first-order chi connectivity index (χ1) is 8.63.